The second-order valence-electron chi connectivity index (χ2n) is 2.49. The van der Waals surface area contributed by atoms with E-state index in [-0.39, 0.29) is 11.2 Å². The summed E-state index contributed by atoms with van der Waals surface area (Å²) in [7, 11) is 0. The third kappa shape index (κ3) is 3.10. The molecule has 14 heavy (non-hydrogen) atoms. The molecule has 0 atom stereocenters. The van der Waals surface area contributed by atoms with Gasteiger partial charge in [-0.2, -0.15) is 0 Å². The minimum absolute atomic E-state index is 0.186. The maximum atomic E-state index is 11.1. The number of hydrogen-bond donors (Lipinski definition) is 3. The second kappa shape index (κ2) is 5.51. The fourth-order valence-electron chi connectivity index (χ4n) is 0.937. The summed E-state index contributed by atoms with van der Waals surface area (Å²) in [6, 6.07) is 6.67. The zero-order chi connectivity index (χ0) is 10.6. The summed E-state index contributed by atoms with van der Waals surface area (Å²) in [5.41, 5.74) is 0.474. The van der Waals surface area contributed by atoms with Gasteiger partial charge in [0.15, 0.2) is 0 Å². The first-order valence-corrected chi connectivity index (χ1v) is 7.51. The molecule has 0 bridgehead atoms. The Labute approximate surface area is 95.0 Å². The van der Waals surface area contributed by atoms with Crippen LogP contribution in [-0.2, 0) is 4.79 Å². The summed E-state index contributed by atoms with van der Waals surface area (Å²) in [6.07, 6.45) is 0. The van der Waals surface area contributed by atoms with Crippen LogP contribution in [0.4, 0.5) is 5.69 Å². The molecule has 1 aromatic carbocycles. The molecule has 0 fully saturated rings. The molecule has 0 radical (unpaired) electrons. The van der Waals surface area contributed by atoms with E-state index in [1.165, 1.54) is 0 Å². The van der Waals surface area contributed by atoms with Gasteiger partial charge in [0.2, 0.25) is 0 Å². The van der Waals surface area contributed by atoms with Crippen molar-refractivity contribution in [2.45, 2.75) is 0 Å². The van der Waals surface area contributed by atoms with Gasteiger partial charge in [0.25, 0.3) is 0 Å². The molecule has 0 aliphatic rings. The van der Waals surface area contributed by atoms with E-state index in [2.05, 4.69) is 21.2 Å². The Balaban J connectivity index is 2.90. The number of para-hydroxylation sites is 1. The Morgan fingerprint density at radius 3 is 2.64 bits per heavy atom. The van der Waals surface area contributed by atoms with Gasteiger partial charge in [-0.15, -0.1) is 0 Å². The SMILES string of the molecule is O=C(CBr)Nc1ccccc1[As](O)O. The molecule has 0 unspecified atom stereocenters. The van der Waals surface area contributed by atoms with Gasteiger partial charge < -0.3 is 0 Å². The summed E-state index contributed by atoms with van der Waals surface area (Å²) in [5.74, 6) is -0.215. The van der Waals surface area contributed by atoms with Gasteiger partial charge in [-0.25, -0.2) is 0 Å². The van der Waals surface area contributed by atoms with E-state index in [1.54, 1.807) is 24.3 Å². The van der Waals surface area contributed by atoms with Crippen LogP contribution in [0.3, 0.4) is 0 Å². The Hall–Kier alpha value is -0.352. The van der Waals surface area contributed by atoms with Gasteiger partial charge in [-0.1, -0.05) is 0 Å². The molecule has 6 heteroatoms. The third-order valence-corrected chi connectivity index (χ3v) is 3.75. The minimum atomic E-state index is -2.93. The van der Waals surface area contributed by atoms with E-state index in [9.17, 15) is 4.79 Å². The second-order valence-corrected chi connectivity index (χ2v) is 5.27. The Morgan fingerprint density at radius 2 is 2.07 bits per heavy atom. The number of carbonyl (C=O) groups excluding carboxylic acids is 1. The van der Waals surface area contributed by atoms with E-state index < -0.39 is 15.3 Å². The monoisotopic (exact) mass is 321 g/mol. The number of alkyl halides is 1. The number of halogens is 1. The van der Waals surface area contributed by atoms with Gasteiger partial charge in [-0.05, 0) is 0 Å². The zero-order valence-corrected chi connectivity index (χ0v) is 10.6. The topological polar surface area (TPSA) is 69.6 Å². The number of nitrogens with one attached hydrogen (secondary N) is 1. The molecule has 1 rings (SSSR count). The quantitative estimate of drug-likeness (QED) is 0.529. The predicted molar refractivity (Wildman–Crippen MR) is 58.7 cm³/mol. The first kappa shape index (κ1) is 11.7. The maximum absolute atomic E-state index is 11.1. The van der Waals surface area contributed by atoms with Crippen molar-refractivity contribution in [3.8, 4) is 0 Å². The van der Waals surface area contributed by atoms with Gasteiger partial charge in [0.05, 0.1) is 0 Å². The molecule has 76 valence electrons. The molecule has 0 heterocycles. The molecular weight excluding hydrogens is 313 g/mol. The normalized spacial score (nSPS) is 10.3. The van der Waals surface area contributed by atoms with Crippen LogP contribution in [0, 0.1) is 0 Å². The van der Waals surface area contributed by atoms with E-state index >= 15 is 0 Å². The zero-order valence-electron chi connectivity index (χ0n) is 7.14. The molecule has 3 N–H and O–H groups in total. The molecule has 0 saturated heterocycles. The van der Waals surface area contributed by atoms with Crippen LogP contribution >= 0.6 is 15.9 Å². The van der Waals surface area contributed by atoms with Crippen molar-refractivity contribution < 1.29 is 13.0 Å². The van der Waals surface area contributed by atoms with Crippen LogP contribution in [0.25, 0.3) is 0 Å². The van der Waals surface area contributed by atoms with Crippen molar-refractivity contribution in [2.24, 2.45) is 0 Å². The summed E-state index contributed by atoms with van der Waals surface area (Å²) in [4.78, 5) is 11.1. The summed E-state index contributed by atoms with van der Waals surface area (Å²) < 4.78 is 18.7. The summed E-state index contributed by atoms with van der Waals surface area (Å²) in [6.45, 7) is 0. The fraction of sp³-hybridized carbons (Fsp3) is 0.125. The van der Waals surface area contributed by atoms with Crippen LogP contribution in [0.15, 0.2) is 24.3 Å². The van der Waals surface area contributed by atoms with Crippen molar-refractivity contribution in [1.82, 2.24) is 0 Å². The van der Waals surface area contributed by atoms with Gasteiger partial charge in [0, 0.05) is 0 Å². The number of carbonyl (C=O) groups is 1. The van der Waals surface area contributed by atoms with Crippen LogP contribution in [0.5, 0.6) is 0 Å². The van der Waals surface area contributed by atoms with Gasteiger partial charge in [-0.3, -0.25) is 0 Å². The molecule has 0 aromatic heterocycles. The molecular formula is C8H9AsBrNO3. The molecule has 4 nitrogen and oxygen atoms in total. The van der Waals surface area contributed by atoms with Crippen molar-refractivity contribution in [3.05, 3.63) is 24.3 Å². The van der Waals surface area contributed by atoms with Crippen molar-refractivity contribution in [3.63, 3.8) is 0 Å². The molecule has 0 spiro atoms. The average Bonchev–Trinajstić information content (AvgIpc) is 2.18. The molecule has 0 aliphatic heterocycles. The summed E-state index contributed by atoms with van der Waals surface area (Å²) in [5, 5.41) is 2.76. The van der Waals surface area contributed by atoms with Crippen LogP contribution in [-0.4, -0.2) is 34.8 Å². The number of amides is 1. The Kier molecular flexibility index (Phi) is 4.61. The van der Waals surface area contributed by atoms with E-state index in [4.69, 9.17) is 8.19 Å². The van der Waals surface area contributed by atoms with Crippen LogP contribution < -0.4 is 9.67 Å². The molecule has 0 saturated carbocycles. The van der Waals surface area contributed by atoms with Gasteiger partial charge in [0.1, 0.15) is 0 Å². The van der Waals surface area contributed by atoms with Crippen LogP contribution in [0.1, 0.15) is 0 Å². The average molecular weight is 322 g/mol. The van der Waals surface area contributed by atoms with E-state index in [0.29, 0.717) is 10.0 Å². The Bertz CT molecular complexity index is 332. The number of hydrogen-bond acceptors (Lipinski definition) is 3. The first-order valence-electron chi connectivity index (χ1n) is 3.78. The third-order valence-electron chi connectivity index (χ3n) is 1.51. The predicted octanol–water partition coefficient (Wildman–Crippen LogP) is -0.300. The first-order chi connectivity index (χ1) is 6.65. The van der Waals surface area contributed by atoms with Crippen LogP contribution in [0.2, 0.25) is 0 Å². The number of benzene rings is 1. The molecule has 1 amide bonds. The van der Waals surface area contributed by atoms with E-state index in [0.717, 1.165) is 0 Å². The van der Waals surface area contributed by atoms with Crippen molar-refractivity contribution >= 4 is 47.2 Å². The van der Waals surface area contributed by atoms with Crippen molar-refractivity contribution in [2.75, 3.05) is 10.6 Å². The van der Waals surface area contributed by atoms with E-state index in [1.807, 2.05) is 0 Å². The molecule has 0 aliphatic carbocycles. The van der Waals surface area contributed by atoms with Crippen molar-refractivity contribution in [1.29, 1.82) is 0 Å². The van der Waals surface area contributed by atoms with Gasteiger partial charge >= 0.3 is 95.1 Å². The molecule has 1 aromatic rings. The summed E-state index contributed by atoms with van der Waals surface area (Å²) >= 11 is 0.0763. The fourth-order valence-corrected chi connectivity index (χ4v) is 2.26. The Morgan fingerprint density at radius 1 is 1.43 bits per heavy atom. The number of rotatable bonds is 3. The standard InChI is InChI=1S/C8H9AsBrNO3/c10-5-8(12)11-7-4-2-1-3-6(7)9(13)14/h1-4,13-14H,5H2,(H,11,12). The number of anilines is 1.